The summed E-state index contributed by atoms with van der Waals surface area (Å²) in [7, 11) is 3.19. The van der Waals surface area contributed by atoms with Gasteiger partial charge in [0.1, 0.15) is 0 Å². The van der Waals surface area contributed by atoms with Crippen molar-refractivity contribution in [3.8, 4) is 11.5 Å². The Hall–Kier alpha value is -1.97. The van der Waals surface area contributed by atoms with Crippen molar-refractivity contribution >= 4 is 5.97 Å². The number of allylic oxidation sites excluding steroid dienone is 1. The molecule has 0 aromatic heterocycles. The Bertz CT molecular complexity index is 501. The molecule has 19 heavy (non-hydrogen) atoms. The predicted molar refractivity (Wildman–Crippen MR) is 71.7 cm³/mol. The molecule has 4 nitrogen and oxygen atoms in total. The van der Waals surface area contributed by atoms with Crippen molar-refractivity contribution in [2.75, 3.05) is 14.2 Å². The second-order valence-electron chi connectivity index (χ2n) is 4.70. The molecule has 102 valence electrons. The first-order valence-corrected chi connectivity index (χ1v) is 6.28. The first-order chi connectivity index (χ1) is 9.13. The summed E-state index contributed by atoms with van der Waals surface area (Å²) < 4.78 is 10.4. The number of hydrogen-bond donors (Lipinski definition) is 1. The largest absolute Gasteiger partial charge is 0.493 e. The van der Waals surface area contributed by atoms with Gasteiger partial charge in [-0.05, 0) is 42.9 Å². The molecule has 0 amide bonds. The molecule has 1 saturated carbocycles. The standard InChI is InChI=1S/C15H18O4/c1-18-13-6-3-10(8-14(13)19-2)7-12(9-15(16)17)11-4-5-11/h3,6,8-9,11H,4-5,7H2,1-2H3,(H,16,17)/b12-9-. The van der Waals surface area contributed by atoms with E-state index in [-0.39, 0.29) is 0 Å². The Kier molecular flexibility index (Phi) is 4.10. The fourth-order valence-corrected chi connectivity index (χ4v) is 2.15. The quantitative estimate of drug-likeness (QED) is 0.801. The predicted octanol–water partition coefficient (Wildman–Crippen LogP) is 2.67. The van der Waals surface area contributed by atoms with E-state index >= 15 is 0 Å². The monoisotopic (exact) mass is 262 g/mol. The summed E-state index contributed by atoms with van der Waals surface area (Å²) in [6, 6.07) is 5.69. The molecule has 2 rings (SSSR count). The minimum Gasteiger partial charge on any atom is -0.493 e. The molecular weight excluding hydrogens is 244 g/mol. The van der Waals surface area contributed by atoms with Crippen molar-refractivity contribution in [2.45, 2.75) is 19.3 Å². The summed E-state index contributed by atoms with van der Waals surface area (Å²) >= 11 is 0. The third kappa shape index (κ3) is 3.50. The first kappa shape index (κ1) is 13.5. The zero-order chi connectivity index (χ0) is 13.8. The highest BCUT2D eigenvalue weighted by Crippen LogP contribution is 2.38. The molecular formula is C15H18O4. The summed E-state index contributed by atoms with van der Waals surface area (Å²) in [5.74, 6) is 0.915. The van der Waals surface area contributed by atoms with Gasteiger partial charge in [0.15, 0.2) is 11.5 Å². The number of rotatable bonds is 6. The summed E-state index contributed by atoms with van der Waals surface area (Å²) in [6.07, 6.45) is 4.17. The molecule has 0 spiro atoms. The van der Waals surface area contributed by atoms with E-state index in [4.69, 9.17) is 14.6 Å². The molecule has 1 N–H and O–H groups in total. The fourth-order valence-electron chi connectivity index (χ4n) is 2.15. The lowest BCUT2D eigenvalue weighted by Crippen LogP contribution is -1.99. The fraction of sp³-hybridized carbons (Fsp3) is 0.400. The lowest BCUT2D eigenvalue weighted by Gasteiger charge is -2.10. The van der Waals surface area contributed by atoms with Crippen molar-refractivity contribution < 1.29 is 19.4 Å². The minimum absolute atomic E-state index is 0.434. The van der Waals surface area contributed by atoms with Crippen molar-refractivity contribution in [1.82, 2.24) is 0 Å². The average molecular weight is 262 g/mol. The van der Waals surface area contributed by atoms with Crippen LogP contribution in [-0.4, -0.2) is 25.3 Å². The number of hydrogen-bond acceptors (Lipinski definition) is 3. The third-order valence-corrected chi connectivity index (χ3v) is 3.27. The molecule has 0 unspecified atom stereocenters. The van der Waals surface area contributed by atoms with Crippen molar-refractivity contribution in [3.05, 3.63) is 35.4 Å². The Morgan fingerprint density at radius 2 is 2.00 bits per heavy atom. The van der Waals surface area contributed by atoms with Gasteiger partial charge in [0.05, 0.1) is 14.2 Å². The van der Waals surface area contributed by atoms with Crippen LogP contribution in [0, 0.1) is 5.92 Å². The summed E-state index contributed by atoms with van der Waals surface area (Å²) in [4.78, 5) is 10.8. The summed E-state index contributed by atoms with van der Waals surface area (Å²) in [5.41, 5.74) is 2.02. The molecule has 1 aliphatic rings. The number of carbonyl (C=O) groups is 1. The van der Waals surface area contributed by atoms with E-state index in [2.05, 4.69) is 0 Å². The second-order valence-corrected chi connectivity index (χ2v) is 4.70. The van der Waals surface area contributed by atoms with Crippen LogP contribution in [0.5, 0.6) is 11.5 Å². The van der Waals surface area contributed by atoms with Crippen molar-refractivity contribution in [3.63, 3.8) is 0 Å². The van der Waals surface area contributed by atoms with E-state index < -0.39 is 5.97 Å². The smallest absolute Gasteiger partial charge is 0.328 e. The van der Waals surface area contributed by atoms with Gasteiger partial charge in [-0.1, -0.05) is 11.6 Å². The van der Waals surface area contributed by atoms with Gasteiger partial charge < -0.3 is 14.6 Å². The van der Waals surface area contributed by atoms with Gasteiger partial charge in [-0.15, -0.1) is 0 Å². The van der Waals surface area contributed by atoms with E-state index in [0.717, 1.165) is 24.0 Å². The van der Waals surface area contributed by atoms with E-state index in [1.807, 2.05) is 18.2 Å². The number of benzene rings is 1. The van der Waals surface area contributed by atoms with Crippen LogP contribution in [0.2, 0.25) is 0 Å². The van der Waals surface area contributed by atoms with Gasteiger partial charge in [-0.3, -0.25) is 0 Å². The average Bonchev–Trinajstić information content (AvgIpc) is 3.21. The van der Waals surface area contributed by atoms with Crippen LogP contribution < -0.4 is 9.47 Å². The SMILES string of the molecule is COc1ccc(C/C(=C/C(=O)O)C2CC2)cc1OC. The van der Waals surface area contributed by atoms with Gasteiger partial charge in [0.2, 0.25) is 0 Å². The molecule has 0 bridgehead atoms. The summed E-state index contributed by atoms with van der Waals surface area (Å²) in [5, 5.41) is 8.90. The van der Waals surface area contributed by atoms with Gasteiger partial charge in [0.25, 0.3) is 0 Å². The van der Waals surface area contributed by atoms with Crippen LogP contribution in [0.4, 0.5) is 0 Å². The van der Waals surface area contributed by atoms with Crippen molar-refractivity contribution in [1.29, 1.82) is 0 Å². The number of methoxy groups -OCH3 is 2. The molecule has 1 aromatic rings. The second kappa shape index (κ2) is 5.78. The topological polar surface area (TPSA) is 55.8 Å². The molecule has 0 radical (unpaired) electrons. The highest BCUT2D eigenvalue weighted by Gasteiger charge is 2.26. The van der Waals surface area contributed by atoms with Gasteiger partial charge >= 0.3 is 5.97 Å². The van der Waals surface area contributed by atoms with Crippen LogP contribution in [0.15, 0.2) is 29.8 Å². The molecule has 4 heteroatoms. The Labute approximate surface area is 112 Å². The van der Waals surface area contributed by atoms with Crippen molar-refractivity contribution in [2.24, 2.45) is 5.92 Å². The third-order valence-electron chi connectivity index (χ3n) is 3.27. The minimum atomic E-state index is -0.873. The molecule has 1 aliphatic carbocycles. The van der Waals surface area contributed by atoms with E-state index in [1.54, 1.807) is 14.2 Å². The highest BCUT2D eigenvalue weighted by atomic mass is 16.5. The van der Waals surface area contributed by atoms with Crippen LogP contribution >= 0.6 is 0 Å². The Morgan fingerprint density at radius 1 is 1.32 bits per heavy atom. The van der Waals surface area contributed by atoms with Crippen LogP contribution in [0.1, 0.15) is 18.4 Å². The molecule has 0 saturated heterocycles. The maximum Gasteiger partial charge on any atom is 0.328 e. The number of carboxylic acids is 1. The summed E-state index contributed by atoms with van der Waals surface area (Å²) in [6.45, 7) is 0. The Balaban J connectivity index is 2.19. The first-order valence-electron chi connectivity index (χ1n) is 6.28. The van der Waals surface area contributed by atoms with Gasteiger partial charge in [0, 0.05) is 6.08 Å². The number of carboxylic acid groups (broad SMARTS) is 1. The maximum atomic E-state index is 10.8. The molecule has 0 heterocycles. The lowest BCUT2D eigenvalue weighted by molar-refractivity contribution is -0.131. The van der Waals surface area contributed by atoms with E-state index in [1.165, 1.54) is 6.08 Å². The lowest BCUT2D eigenvalue weighted by atomic mass is 10.0. The number of ether oxygens (including phenoxy) is 2. The molecule has 1 fully saturated rings. The Morgan fingerprint density at radius 3 is 2.53 bits per heavy atom. The highest BCUT2D eigenvalue weighted by molar-refractivity contribution is 5.81. The molecule has 0 atom stereocenters. The van der Waals surface area contributed by atoms with Gasteiger partial charge in [-0.2, -0.15) is 0 Å². The molecule has 0 aliphatic heterocycles. The van der Waals surface area contributed by atoms with Crippen LogP contribution in [-0.2, 0) is 11.2 Å². The van der Waals surface area contributed by atoms with E-state index in [0.29, 0.717) is 23.8 Å². The normalized spacial score (nSPS) is 15.2. The molecule has 1 aromatic carbocycles. The maximum absolute atomic E-state index is 10.8. The van der Waals surface area contributed by atoms with Crippen LogP contribution in [0.25, 0.3) is 0 Å². The zero-order valence-corrected chi connectivity index (χ0v) is 11.2. The zero-order valence-electron chi connectivity index (χ0n) is 11.2. The number of aliphatic carboxylic acids is 1. The van der Waals surface area contributed by atoms with E-state index in [9.17, 15) is 4.79 Å². The van der Waals surface area contributed by atoms with Gasteiger partial charge in [-0.25, -0.2) is 4.79 Å². The van der Waals surface area contributed by atoms with Crippen LogP contribution in [0.3, 0.4) is 0 Å².